The highest BCUT2D eigenvalue weighted by atomic mass is 19.1. The van der Waals surface area contributed by atoms with Gasteiger partial charge in [0.2, 0.25) is 0 Å². The fourth-order valence-corrected chi connectivity index (χ4v) is 2.38. The number of ketones is 1. The quantitative estimate of drug-likeness (QED) is 0.693. The molecule has 2 aromatic carbocycles. The van der Waals surface area contributed by atoms with Crippen LogP contribution < -0.4 is 0 Å². The molecule has 0 saturated carbocycles. The molecule has 1 aromatic heterocycles. The van der Waals surface area contributed by atoms with Crippen molar-refractivity contribution in [3.63, 3.8) is 0 Å². The average Bonchev–Trinajstić information content (AvgIpc) is 2.76. The summed E-state index contributed by atoms with van der Waals surface area (Å²) in [5.41, 5.74) is 1.37. The second-order valence-electron chi connectivity index (χ2n) is 4.81. The lowest BCUT2D eigenvalue weighted by Crippen LogP contribution is -2.07. The van der Waals surface area contributed by atoms with Gasteiger partial charge in [-0.2, -0.15) is 5.10 Å². The molecule has 0 atom stereocenters. The molecule has 1 heterocycles. The molecular formula is C16H12F2N2O. The minimum Gasteiger partial charge on any atom is -0.294 e. The van der Waals surface area contributed by atoms with Crippen molar-refractivity contribution in [3.8, 4) is 0 Å². The minimum absolute atomic E-state index is 0.0239. The maximum atomic E-state index is 13.6. The van der Waals surface area contributed by atoms with E-state index in [-0.39, 0.29) is 12.0 Å². The van der Waals surface area contributed by atoms with Crippen molar-refractivity contribution in [1.29, 1.82) is 0 Å². The van der Waals surface area contributed by atoms with Gasteiger partial charge in [-0.3, -0.25) is 9.48 Å². The fourth-order valence-electron chi connectivity index (χ4n) is 2.38. The number of nitrogens with zero attached hydrogens (tertiary/aromatic N) is 2. The topological polar surface area (TPSA) is 34.9 Å². The van der Waals surface area contributed by atoms with E-state index in [9.17, 15) is 13.6 Å². The van der Waals surface area contributed by atoms with Crippen molar-refractivity contribution in [3.05, 3.63) is 65.4 Å². The molecule has 0 N–H and O–H groups in total. The molecule has 0 bridgehead atoms. The fraction of sp³-hybridized carbons (Fsp3) is 0.125. The van der Waals surface area contributed by atoms with Crippen molar-refractivity contribution in [2.24, 2.45) is 7.05 Å². The molecule has 3 aromatic rings. The molecule has 0 saturated heterocycles. The first kappa shape index (κ1) is 13.4. The highest BCUT2D eigenvalue weighted by molar-refractivity contribution is 5.99. The third-order valence-electron chi connectivity index (χ3n) is 3.39. The van der Waals surface area contributed by atoms with Gasteiger partial charge in [-0.1, -0.05) is 18.2 Å². The Kier molecular flexibility index (Phi) is 3.25. The van der Waals surface area contributed by atoms with Crippen LogP contribution in [-0.4, -0.2) is 15.6 Å². The van der Waals surface area contributed by atoms with Crippen molar-refractivity contribution < 1.29 is 13.6 Å². The normalized spacial score (nSPS) is 11.0. The second kappa shape index (κ2) is 5.09. The maximum Gasteiger partial charge on any atom is 0.171 e. The number of carbonyl (C=O) groups excluding carboxylic acids is 1. The Morgan fingerprint density at radius 3 is 2.71 bits per heavy atom. The van der Waals surface area contributed by atoms with Crippen molar-refractivity contribution >= 4 is 16.7 Å². The van der Waals surface area contributed by atoms with E-state index in [2.05, 4.69) is 5.10 Å². The number of para-hydroxylation sites is 1. The number of aryl methyl sites for hydroxylation is 1. The zero-order valence-electron chi connectivity index (χ0n) is 11.3. The molecule has 0 aliphatic rings. The third-order valence-corrected chi connectivity index (χ3v) is 3.39. The maximum absolute atomic E-state index is 13.6. The molecule has 3 nitrogen and oxygen atoms in total. The van der Waals surface area contributed by atoms with Gasteiger partial charge in [-0.15, -0.1) is 0 Å². The van der Waals surface area contributed by atoms with Gasteiger partial charge in [0.05, 0.1) is 23.2 Å². The molecule has 0 fully saturated rings. The molecule has 0 amide bonds. The summed E-state index contributed by atoms with van der Waals surface area (Å²) in [6.07, 6.45) is -0.0239. The van der Waals surface area contributed by atoms with Crippen LogP contribution in [0.4, 0.5) is 8.78 Å². The predicted octanol–water partition coefficient (Wildman–Crippen LogP) is 3.28. The van der Waals surface area contributed by atoms with Gasteiger partial charge < -0.3 is 0 Å². The predicted molar refractivity (Wildman–Crippen MR) is 75.1 cm³/mol. The van der Waals surface area contributed by atoms with Crippen LogP contribution in [0.2, 0.25) is 0 Å². The van der Waals surface area contributed by atoms with Crippen LogP contribution in [-0.2, 0) is 13.5 Å². The summed E-state index contributed by atoms with van der Waals surface area (Å²) in [7, 11) is 1.79. The van der Waals surface area contributed by atoms with E-state index < -0.39 is 17.4 Å². The standard InChI is InChI=1S/C16H12F2N2O/c1-20-15-5-3-2-4-12(15)14(19-20)9-16(21)11-7-6-10(17)8-13(11)18/h2-8H,9H2,1H3. The SMILES string of the molecule is Cn1nc(CC(=O)c2ccc(F)cc2F)c2ccccc21. The summed E-state index contributed by atoms with van der Waals surface area (Å²) < 4.78 is 28.2. The van der Waals surface area contributed by atoms with Crippen molar-refractivity contribution in [2.75, 3.05) is 0 Å². The van der Waals surface area contributed by atoms with Crippen LogP contribution in [0.15, 0.2) is 42.5 Å². The van der Waals surface area contributed by atoms with Crippen LogP contribution in [0.25, 0.3) is 10.9 Å². The number of hydrogen-bond acceptors (Lipinski definition) is 2. The van der Waals surface area contributed by atoms with E-state index in [1.807, 2.05) is 24.3 Å². The van der Waals surface area contributed by atoms with Gasteiger partial charge in [-0.25, -0.2) is 8.78 Å². The van der Waals surface area contributed by atoms with E-state index >= 15 is 0 Å². The second-order valence-corrected chi connectivity index (χ2v) is 4.81. The number of halogens is 2. The molecule has 0 spiro atoms. The van der Waals surface area contributed by atoms with E-state index in [1.54, 1.807) is 11.7 Å². The number of fused-ring (bicyclic) bond motifs is 1. The summed E-state index contributed by atoms with van der Waals surface area (Å²) in [5, 5.41) is 5.16. The lowest BCUT2D eigenvalue weighted by Gasteiger charge is -2.01. The summed E-state index contributed by atoms with van der Waals surface area (Å²) in [6, 6.07) is 10.5. The highest BCUT2D eigenvalue weighted by Gasteiger charge is 2.17. The summed E-state index contributed by atoms with van der Waals surface area (Å²) in [6.45, 7) is 0. The van der Waals surface area contributed by atoms with Gasteiger partial charge in [0.15, 0.2) is 5.78 Å². The first-order valence-electron chi connectivity index (χ1n) is 6.45. The average molecular weight is 286 g/mol. The molecule has 21 heavy (non-hydrogen) atoms. The lowest BCUT2D eigenvalue weighted by molar-refractivity contribution is 0.0988. The van der Waals surface area contributed by atoms with Gasteiger partial charge >= 0.3 is 0 Å². The Labute approximate surface area is 119 Å². The molecule has 106 valence electrons. The zero-order chi connectivity index (χ0) is 15.0. The molecule has 5 heteroatoms. The van der Waals surface area contributed by atoms with E-state index in [0.29, 0.717) is 11.8 Å². The van der Waals surface area contributed by atoms with Crippen molar-refractivity contribution in [1.82, 2.24) is 9.78 Å². The highest BCUT2D eigenvalue weighted by Crippen LogP contribution is 2.20. The summed E-state index contributed by atoms with van der Waals surface area (Å²) in [4.78, 5) is 12.2. The van der Waals surface area contributed by atoms with Crippen molar-refractivity contribution in [2.45, 2.75) is 6.42 Å². The number of aromatic nitrogens is 2. The Morgan fingerprint density at radius 1 is 1.19 bits per heavy atom. The van der Waals surface area contributed by atoms with Gasteiger partial charge in [0.25, 0.3) is 0 Å². The van der Waals surface area contributed by atoms with Crippen LogP contribution in [0.1, 0.15) is 16.1 Å². The Bertz CT molecular complexity index is 839. The van der Waals surface area contributed by atoms with Crippen LogP contribution in [0, 0.1) is 11.6 Å². The van der Waals surface area contributed by atoms with Crippen LogP contribution in [0.5, 0.6) is 0 Å². The first-order chi connectivity index (χ1) is 10.1. The number of carbonyl (C=O) groups is 1. The summed E-state index contributed by atoms with van der Waals surface area (Å²) >= 11 is 0. The lowest BCUT2D eigenvalue weighted by atomic mass is 10.0. The largest absolute Gasteiger partial charge is 0.294 e. The first-order valence-corrected chi connectivity index (χ1v) is 6.45. The minimum atomic E-state index is -0.847. The van der Waals surface area contributed by atoms with Gasteiger partial charge in [0.1, 0.15) is 11.6 Å². The number of rotatable bonds is 3. The van der Waals surface area contributed by atoms with E-state index in [0.717, 1.165) is 23.0 Å². The Balaban J connectivity index is 1.97. The third kappa shape index (κ3) is 2.42. The molecule has 3 rings (SSSR count). The molecule has 0 radical (unpaired) electrons. The smallest absolute Gasteiger partial charge is 0.171 e. The van der Waals surface area contributed by atoms with E-state index in [4.69, 9.17) is 0 Å². The van der Waals surface area contributed by atoms with Crippen LogP contribution >= 0.6 is 0 Å². The molecular weight excluding hydrogens is 274 g/mol. The zero-order valence-corrected chi connectivity index (χ0v) is 11.3. The van der Waals surface area contributed by atoms with Gasteiger partial charge in [-0.05, 0) is 18.2 Å². The molecule has 0 aliphatic heterocycles. The summed E-state index contributed by atoms with van der Waals surface area (Å²) in [5.74, 6) is -1.97. The molecule has 0 unspecified atom stereocenters. The van der Waals surface area contributed by atoms with Gasteiger partial charge in [0, 0.05) is 18.5 Å². The van der Waals surface area contributed by atoms with E-state index in [1.165, 1.54) is 0 Å². The molecule has 0 aliphatic carbocycles. The van der Waals surface area contributed by atoms with Crippen LogP contribution in [0.3, 0.4) is 0 Å². The Morgan fingerprint density at radius 2 is 1.95 bits per heavy atom. The number of benzene rings is 2. The number of Topliss-reactive ketones (excluding diaryl/α,β-unsaturated/α-hetero) is 1. The number of hydrogen-bond donors (Lipinski definition) is 0. The Hall–Kier alpha value is -2.56. The monoisotopic (exact) mass is 286 g/mol.